The third-order valence-corrected chi connectivity index (χ3v) is 3.73. The van der Waals surface area contributed by atoms with E-state index in [-0.39, 0.29) is 5.75 Å². The van der Waals surface area contributed by atoms with Crippen LogP contribution in [0.5, 0.6) is 11.5 Å². The number of nitrogens with one attached hydrogen (secondary N) is 2. The van der Waals surface area contributed by atoms with Crippen molar-refractivity contribution in [1.82, 2.24) is 10.7 Å². The third-order valence-electron chi connectivity index (χ3n) is 3.52. The van der Waals surface area contributed by atoms with E-state index in [1.165, 1.54) is 26.4 Å². The zero-order chi connectivity index (χ0) is 15.1. The molecule has 114 valence electrons. The van der Waals surface area contributed by atoms with Crippen LogP contribution in [0.25, 0.3) is 0 Å². The molecule has 0 saturated heterocycles. The molecule has 0 unspecified atom stereocenters. The van der Waals surface area contributed by atoms with E-state index in [9.17, 15) is 5.11 Å². The fourth-order valence-corrected chi connectivity index (χ4v) is 2.64. The number of nitrogens with zero attached hydrogens (tertiary/aromatic N) is 1. The third kappa shape index (κ3) is 4.90. The topological polar surface area (TPSA) is 65.9 Å². The summed E-state index contributed by atoms with van der Waals surface area (Å²) in [5, 5.41) is 17.6. The lowest BCUT2D eigenvalue weighted by Crippen LogP contribution is -2.40. The molecule has 0 radical (unpaired) electrons. The number of methoxy groups -OCH3 is 1. The highest BCUT2D eigenvalue weighted by atomic mass is 32.1. The van der Waals surface area contributed by atoms with E-state index >= 15 is 0 Å². The molecule has 0 bridgehead atoms. The predicted octanol–water partition coefficient (Wildman–Crippen LogP) is 2.53. The second kappa shape index (κ2) is 7.83. The van der Waals surface area contributed by atoms with Gasteiger partial charge in [-0.05, 0) is 48.8 Å². The molecule has 0 heterocycles. The first-order chi connectivity index (χ1) is 10.2. The second-order valence-corrected chi connectivity index (χ2v) is 5.52. The standard InChI is InChI=1S/C15H21N3O2S/c1-20-14-8-7-11(9-13(14)19)10-16-18-15(21)17-12-5-3-2-4-6-12/h7-10,12,19H,2-6H2,1H3,(H2,17,18,21). The van der Waals surface area contributed by atoms with Crippen LogP contribution in [0.4, 0.5) is 0 Å². The van der Waals surface area contributed by atoms with Crippen molar-refractivity contribution in [3.63, 3.8) is 0 Å². The van der Waals surface area contributed by atoms with Gasteiger partial charge in [-0.25, -0.2) is 0 Å². The molecule has 3 N–H and O–H groups in total. The number of rotatable bonds is 4. The number of phenols is 1. The largest absolute Gasteiger partial charge is 0.504 e. The van der Waals surface area contributed by atoms with Gasteiger partial charge in [0.15, 0.2) is 16.6 Å². The number of thiocarbonyl (C=S) groups is 1. The van der Waals surface area contributed by atoms with Gasteiger partial charge in [0.1, 0.15) is 0 Å². The summed E-state index contributed by atoms with van der Waals surface area (Å²) in [6, 6.07) is 5.54. The summed E-state index contributed by atoms with van der Waals surface area (Å²) in [6.45, 7) is 0. The summed E-state index contributed by atoms with van der Waals surface area (Å²) in [5.74, 6) is 0.527. The summed E-state index contributed by atoms with van der Waals surface area (Å²) in [4.78, 5) is 0. The van der Waals surface area contributed by atoms with Gasteiger partial charge in [-0.15, -0.1) is 0 Å². The summed E-state index contributed by atoms with van der Waals surface area (Å²) in [5.41, 5.74) is 3.57. The van der Waals surface area contributed by atoms with E-state index in [0.717, 1.165) is 18.4 Å². The van der Waals surface area contributed by atoms with Crippen molar-refractivity contribution >= 4 is 23.5 Å². The van der Waals surface area contributed by atoms with Gasteiger partial charge in [0.25, 0.3) is 0 Å². The van der Waals surface area contributed by atoms with Crippen LogP contribution < -0.4 is 15.5 Å². The SMILES string of the molecule is COc1ccc(C=NNC(=S)NC2CCCCC2)cc1O. The lowest BCUT2D eigenvalue weighted by atomic mass is 9.96. The maximum absolute atomic E-state index is 9.67. The number of aromatic hydroxyl groups is 1. The Morgan fingerprint density at radius 2 is 2.14 bits per heavy atom. The molecular weight excluding hydrogens is 286 g/mol. The van der Waals surface area contributed by atoms with Crippen LogP contribution in [0.3, 0.4) is 0 Å². The summed E-state index contributed by atoms with van der Waals surface area (Å²) in [6.07, 6.45) is 7.77. The zero-order valence-electron chi connectivity index (χ0n) is 12.1. The van der Waals surface area contributed by atoms with Crippen molar-refractivity contribution in [3.8, 4) is 11.5 Å². The number of ether oxygens (including phenoxy) is 1. The molecule has 0 spiro atoms. The Morgan fingerprint density at radius 1 is 1.38 bits per heavy atom. The molecule has 1 aromatic carbocycles. The van der Waals surface area contributed by atoms with Crippen LogP contribution in [0.15, 0.2) is 23.3 Å². The smallest absolute Gasteiger partial charge is 0.187 e. The van der Waals surface area contributed by atoms with Crippen LogP contribution in [0, 0.1) is 0 Å². The first-order valence-electron chi connectivity index (χ1n) is 7.15. The second-order valence-electron chi connectivity index (χ2n) is 5.11. The van der Waals surface area contributed by atoms with Crippen molar-refractivity contribution in [2.75, 3.05) is 7.11 Å². The van der Waals surface area contributed by atoms with Crippen molar-refractivity contribution in [2.45, 2.75) is 38.1 Å². The zero-order valence-corrected chi connectivity index (χ0v) is 12.9. The Kier molecular flexibility index (Phi) is 5.80. The van der Waals surface area contributed by atoms with Gasteiger partial charge in [0, 0.05) is 6.04 Å². The normalized spacial score (nSPS) is 15.9. The van der Waals surface area contributed by atoms with Gasteiger partial charge in [-0.3, -0.25) is 5.43 Å². The molecule has 1 saturated carbocycles. The van der Waals surface area contributed by atoms with Crippen LogP contribution >= 0.6 is 12.2 Å². The van der Waals surface area contributed by atoms with Crippen molar-refractivity contribution in [2.24, 2.45) is 5.10 Å². The molecule has 21 heavy (non-hydrogen) atoms. The fraction of sp³-hybridized carbons (Fsp3) is 0.467. The molecule has 1 aliphatic carbocycles. The Bertz CT molecular complexity index is 514. The highest BCUT2D eigenvalue weighted by Gasteiger charge is 2.13. The quantitative estimate of drug-likeness (QED) is 0.453. The molecule has 2 rings (SSSR count). The minimum atomic E-state index is 0.0874. The Hall–Kier alpha value is -1.82. The lowest BCUT2D eigenvalue weighted by Gasteiger charge is -2.23. The van der Waals surface area contributed by atoms with Crippen molar-refractivity contribution < 1.29 is 9.84 Å². The highest BCUT2D eigenvalue weighted by Crippen LogP contribution is 2.25. The maximum atomic E-state index is 9.67. The van der Waals surface area contributed by atoms with Crippen LogP contribution in [0.2, 0.25) is 0 Å². The van der Waals surface area contributed by atoms with Crippen molar-refractivity contribution in [3.05, 3.63) is 23.8 Å². The van der Waals surface area contributed by atoms with Gasteiger partial charge >= 0.3 is 0 Å². The van der Waals surface area contributed by atoms with Gasteiger partial charge in [0.2, 0.25) is 0 Å². The van der Waals surface area contributed by atoms with Gasteiger partial charge in [-0.1, -0.05) is 19.3 Å². The molecular formula is C15H21N3O2S. The number of hydrogen-bond donors (Lipinski definition) is 3. The number of hydrogen-bond acceptors (Lipinski definition) is 4. The average molecular weight is 307 g/mol. The Labute approximate surface area is 130 Å². The molecule has 0 aliphatic heterocycles. The minimum Gasteiger partial charge on any atom is -0.504 e. The monoisotopic (exact) mass is 307 g/mol. The fourth-order valence-electron chi connectivity index (χ4n) is 2.42. The molecule has 1 aliphatic rings. The highest BCUT2D eigenvalue weighted by molar-refractivity contribution is 7.80. The summed E-state index contributed by atoms with van der Waals surface area (Å²) >= 11 is 5.21. The van der Waals surface area contributed by atoms with E-state index in [2.05, 4.69) is 15.8 Å². The Balaban J connectivity index is 1.81. The molecule has 1 fully saturated rings. The predicted molar refractivity (Wildman–Crippen MR) is 88.0 cm³/mol. The van der Waals surface area contributed by atoms with Crippen LogP contribution in [0.1, 0.15) is 37.7 Å². The van der Waals surface area contributed by atoms with Gasteiger partial charge in [0.05, 0.1) is 13.3 Å². The molecule has 0 atom stereocenters. The Morgan fingerprint density at radius 3 is 2.81 bits per heavy atom. The lowest BCUT2D eigenvalue weighted by molar-refractivity contribution is 0.373. The van der Waals surface area contributed by atoms with Gasteiger partial charge in [-0.2, -0.15) is 5.10 Å². The van der Waals surface area contributed by atoms with E-state index in [1.807, 2.05) is 0 Å². The molecule has 0 aromatic heterocycles. The van der Waals surface area contributed by atoms with Crippen LogP contribution in [-0.4, -0.2) is 29.6 Å². The number of phenolic OH excluding ortho intramolecular Hbond substituents is 1. The molecule has 1 aromatic rings. The van der Waals surface area contributed by atoms with E-state index < -0.39 is 0 Å². The van der Waals surface area contributed by atoms with E-state index in [0.29, 0.717) is 16.9 Å². The maximum Gasteiger partial charge on any atom is 0.187 e. The average Bonchev–Trinajstić information content (AvgIpc) is 2.48. The first-order valence-corrected chi connectivity index (χ1v) is 7.56. The van der Waals surface area contributed by atoms with Crippen molar-refractivity contribution in [1.29, 1.82) is 0 Å². The molecule has 6 heteroatoms. The minimum absolute atomic E-state index is 0.0874. The van der Waals surface area contributed by atoms with E-state index in [4.69, 9.17) is 17.0 Å². The first kappa shape index (κ1) is 15.6. The molecule has 5 nitrogen and oxygen atoms in total. The molecule has 0 amide bonds. The van der Waals surface area contributed by atoms with Gasteiger partial charge < -0.3 is 15.2 Å². The number of hydrazone groups is 1. The summed E-state index contributed by atoms with van der Waals surface area (Å²) < 4.78 is 4.99. The summed E-state index contributed by atoms with van der Waals surface area (Å²) in [7, 11) is 1.51. The van der Waals surface area contributed by atoms with Crippen LogP contribution in [-0.2, 0) is 0 Å². The van der Waals surface area contributed by atoms with E-state index in [1.54, 1.807) is 24.4 Å². The number of benzene rings is 1.